The van der Waals surface area contributed by atoms with Gasteiger partial charge in [0.25, 0.3) is 0 Å². The Morgan fingerprint density at radius 2 is 1.89 bits per heavy atom. The van der Waals surface area contributed by atoms with Gasteiger partial charge in [-0.1, -0.05) is 18.2 Å². The summed E-state index contributed by atoms with van der Waals surface area (Å²) in [6, 6.07) is 4.75. The number of benzene rings is 1. The van der Waals surface area contributed by atoms with E-state index in [2.05, 4.69) is 5.32 Å². The second-order valence-corrected chi connectivity index (χ2v) is 4.44. The van der Waals surface area contributed by atoms with Crippen LogP contribution in [0.15, 0.2) is 24.3 Å². The van der Waals surface area contributed by atoms with E-state index >= 15 is 0 Å². The van der Waals surface area contributed by atoms with E-state index in [1.54, 1.807) is 6.92 Å². The monoisotopic (exact) mass is 275 g/mol. The number of carbonyl (C=O) groups is 1. The molecule has 1 amide bonds. The van der Waals surface area contributed by atoms with Crippen molar-refractivity contribution in [2.75, 3.05) is 0 Å². The number of nitrogens with one attached hydrogen (secondary N) is 1. The summed E-state index contributed by atoms with van der Waals surface area (Å²) < 4.78 is 38.3. The summed E-state index contributed by atoms with van der Waals surface area (Å²) in [6.45, 7) is 2.89. The summed E-state index contributed by atoms with van der Waals surface area (Å²) in [5, 5.41) is 11.5. The van der Waals surface area contributed by atoms with Gasteiger partial charge in [-0.25, -0.2) is 0 Å². The first-order chi connectivity index (χ1) is 8.71. The van der Waals surface area contributed by atoms with Gasteiger partial charge in [0.2, 0.25) is 5.91 Å². The van der Waals surface area contributed by atoms with E-state index in [9.17, 15) is 18.0 Å². The summed E-state index contributed by atoms with van der Waals surface area (Å²) in [4.78, 5) is 11.2. The number of hydrogen-bond acceptors (Lipinski definition) is 2. The molecule has 0 aliphatic carbocycles. The van der Waals surface area contributed by atoms with Crippen molar-refractivity contribution < 1.29 is 23.1 Å². The van der Waals surface area contributed by atoms with Crippen LogP contribution < -0.4 is 5.32 Å². The smallest absolute Gasteiger partial charge is 0.384 e. The number of aliphatic hydroxyl groups excluding tert-OH is 1. The standard InChI is InChI=1S/C13H16F3NO2/c1-8(17-12(19)9(2)18)7-10-5-3-4-6-11(10)13(14,15)16/h3-6,8-9,18H,7H2,1-2H3,(H,17,19)/t8-,9-/m0/s1. The van der Waals surface area contributed by atoms with Crippen molar-refractivity contribution >= 4 is 5.91 Å². The van der Waals surface area contributed by atoms with Crippen LogP contribution in [0.3, 0.4) is 0 Å². The molecule has 0 heterocycles. The van der Waals surface area contributed by atoms with E-state index in [1.807, 2.05) is 0 Å². The van der Waals surface area contributed by atoms with E-state index < -0.39 is 29.8 Å². The Hall–Kier alpha value is -1.56. The lowest BCUT2D eigenvalue weighted by Crippen LogP contribution is -2.40. The Morgan fingerprint density at radius 3 is 2.42 bits per heavy atom. The van der Waals surface area contributed by atoms with Gasteiger partial charge in [-0.15, -0.1) is 0 Å². The third-order valence-electron chi connectivity index (χ3n) is 2.62. The minimum atomic E-state index is -4.41. The molecular formula is C13H16F3NO2. The van der Waals surface area contributed by atoms with Gasteiger partial charge in [-0.3, -0.25) is 4.79 Å². The predicted molar refractivity (Wildman–Crippen MR) is 64.4 cm³/mol. The summed E-state index contributed by atoms with van der Waals surface area (Å²) in [7, 11) is 0. The fourth-order valence-electron chi connectivity index (χ4n) is 1.72. The lowest BCUT2D eigenvalue weighted by molar-refractivity contribution is -0.138. The zero-order valence-electron chi connectivity index (χ0n) is 10.7. The summed E-state index contributed by atoms with van der Waals surface area (Å²) in [6.07, 6.45) is -5.54. The van der Waals surface area contributed by atoms with Crippen molar-refractivity contribution in [3.63, 3.8) is 0 Å². The highest BCUT2D eigenvalue weighted by Crippen LogP contribution is 2.32. The molecule has 2 atom stereocenters. The molecule has 1 aromatic rings. The number of aliphatic hydroxyl groups is 1. The van der Waals surface area contributed by atoms with Crippen LogP contribution in [0.1, 0.15) is 25.0 Å². The van der Waals surface area contributed by atoms with Crippen molar-refractivity contribution in [3.8, 4) is 0 Å². The molecule has 0 bridgehead atoms. The lowest BCUT2D eigenvalue weighted by atomic mass is 10.0. The molecule has 0 spiro atoms. The Kier molecular flexibility index (Phi) is 4.94. The summed E-state index contributed by atoms with van der Waals surface area (Å²) >= 11 is 0. The summed E-state index contributed by atoms with van der Waals surface area (Å²) in [5.74, 6) is -0.600. The van der Waals surface area contributed by atoms with Gasteiger partial charge in [-0.2, -0.15) is 13.2 Å². The highest BCUT2D eigenvalue weighted by Gasteiger charge is 2.33. The average molecular weight is 275 g/mol. The molecule has 0 aromatic heterocycles. The maximum absolute atomic E-state index is 12.8. The third-order valence-corrected chi connectivity index (χ3v) is 2.62. The van der Waals surface area contributed by atoms with Crippen LogP contribution in [-0.2, 0) is 17.4 Å². The molecule has 19 heavy (non-hydrogen) atoms. The molecule has 0 aliphatic heterocycles. The first-order valence-electron chi connectivity index (χ1n) is 5.85. The summed E-state index contributed by atoms with van der Waals surface area (Å²) in [5.41, 5.74) is -0.582. The number of amides is 1. The quantitative estimate of drug-likeness (QED) is 0.884. The number of hydrogen-bond donors (Lipinski definition) is 2. The molecule has 3 nitrogen and oxygen atoms in total. The third kappa shape index (κ3) is 4.55. The van der Waals surface area contributed by atoms with Crippen molar-refractivity contribution in [1.82, 2.24) is 5.32 Å². The number of alkyl halides is 3. The molecule has 106 valence electrons. The average Bonchev–Trinajstić information content (AvgIpc) is 2.27. The maximum atomic E-state index is 12.8. The van der Waals surface area contributed by atoms with Crippen molar-refractivity contribution in [2.45, 2.75) is 38.6 Å². The molecule has 0 aliphatic rings. The van der Waals surface area contributed by atoms with E-state index in [0.717, 1.165) is 6.07 Å². The first kappa shape index (κ1) is 15.5. The van der Waals surface area contributed by atoms with Crippen molar-refractivity contribution in [2.24, 2.45) is 0 Å². The Labute approximate surface area is 109 Å². The van der Waals surface area contributed by atoms with Crippen LogP contribution in [0.25, 0.3) is 0 Å². The van der Waals surface area contributed by atoms with Gasteiger partial charge in [0.1, 0.15) is 6.10 Å². The van der Waals surface area contributed by atoms with Crippen LogP contribution in [0.4, 0.5) is 13.2 Å². The van der Waals surface area contributed by atoms with Crippen LogP contribution in [-0.4, -0.2) is 23.2 Å². The largest absolute Gasteiger partial charge is 0.416 e. The number of halogens is 3. The second-order valence-electron chi connectivity index (χ2n) is 4.44. The fourth-order valence-corrected chi connectivity index (χ4v) is 1.72. The molecule has 0 radical (unpaired) electrons. The van der Waals surface area contributed by atoms with Crippen LogP contribution in [0, 0.1) is 0 Å². The maximum Gasteiger partial charge on any atom is 0.416 e. The Balaban J connectivity index is 2.80. The van der Waals surface area contributed by atoms with Crippen molar-refractivity contribution in [3.05, 3.63) is 35.4 Å². The minimum Gasteiger partial charge on any atom is -0.384 e. The molecule has 0 unspecified atom stereocenters. The molecule has 1 rings (SSSR count). The van der Waals surface area contributed by atoms with Crippen molar-refractivity contribution in [1.29, 1.82) is 0 Å². The molecule has 0 fully saturated rings. The Bertz CT molecular complexity index is 444. The number of rotatable bonds is 4. The zero-order chi connectivity index (χ0) is 14.6. The van der Waals surface area contributed by atoms with E-state index in [-0.39, 0.29) is 12.0 Å². The molecule has 0 saturated heterocycles. The first-order valence-corrected chi connectivity index (χ1v) is 5.85. The number of carbonyl (C=O) groups excluding carboxylic acids is 1. The van der Waals surface area contributed by atoms with E-state index in [4.69, 9.17) is 5.11 Å². The van der Waals surface area contributed by atoms with Gasteiger partial charge >= 0.3 is 6.18 Å². The van der Waals surface area contributed by atoms with Gasteiger partial charge in [0.05, 0.1) is 5.56 Å². The van der Waals surface area contributed by atoms with Gasteiger partial charge in [-0.05, 0) is 31.9 Å². The van der Waals surface area contributed by atoms with Gasteiger partial charge in [0.15, 0.2) is 0 Å². The topological polar surface area (TPSA) is 49.3 Å². The van der Waals surface area contributed by atoms with E-state index in [1.165, 1.54) is 25.1 Å². The highest BCUT2D eigenvalue weighted by molar-refractivity contribution is 5.80. The predicted octanol–water partition coefficient (Wildman–Crippen LogP) is 2.13. The second kappa shape index (κ2) is 6.06. The molecule has 2 N–H and O–H groups in total. The molecule has 6 heteroatoms. The molecule has 0 saturated carbocycles. The Morgan fingerprint density at radius 1 is 1.32 bits per heavy atom. The van der Waals surface area contributed by atoms with Crippen LogP contribution in [0.2, 0.25) is 0 Å². The van der Waals surface area contributed by atoms with Crippen LogP contribution >= 0.6 is 0 Å². The highest BCUT2D eigenvalue weighted by atomic mass is 19.4. The normalized spacial score (nSPS) is 14.8. The van der Waals surface area contributed by atoms with Gasteiger partial charge in [0, 0.05) is 6.04 Å². The zero-order valence-corrected chi connectivity index (χ0v) is 10.7. The molecule has 1 aromatic carbocycles. The SMILES string of the molecule is C[C@H](O)C(=O)N[C@@H](C)Cc1ccccc1C(F)(F)F. The van der Waals surface area contributed by atoms with Crippen LogP contribution in [0.5, 0.6) is 0 Å². The lowest BCUT2D eigenvalue weighted by Gasteiger charge is -2.18. The molecular weight excluding hydrogens is 259 g/mol. The minimum absolute atomic E-state index is 0.0497. The van der Waals surface area contributed by atoms with Gasteiger partial charge < -0.3 is 10.4 Å². The fraction of sp³-hybridized carbons (Fsp3) is 0.462. The van der Waals surface area contributed by atoms with E-state index in [0.29, 0.717) is 0 Å².